The number of Topliss-reactive ketones (excluding diaryl/α,β-unsaturated/α-hetero) is 1. The van der Waals surface area contributed by atoms with E-state index >= 15 is 8.78 Å². The third-order valence-corrected chi connectivity index (χ3v) is 12.8. The molecule has 0 heterocycles. The lowest BCUT2D eigenvalue weighted by Crippen LogP contribution is -2.70. The van der Waals surface area contributed by atoms with E-state index in [9.17, 15) is 29.1 Å². The van der Waals surface area contributed by atoms with Gasteiger partial charge in [-0.1, -0.05) is 65.0 Å². The molecule has 1 N–H and O–H groups in total. The number of carbonyl (C=O) groups is 5. The first-order valence-corrected chi connectivity index (χ1v) is 20.2. The minimum Gasteiger partial charge on any atom is -0.493 e. The highest BCUT2D eigenvalue weighted by atomic mass is 19.1. The number of rotatable bonds is 17. The number of allylic oxidation sites excluding steroid dienone is 4. The van der Waals surface area contributed by atoms with Crippen LogP contribution < -0.4 is 9.47 Å². The Morgan fingerprint density at radius 2 is 1.72 bits per heavy atom. The van der Waals surface area contributed by atoms with Gasteiger partial charge in [-0.05, 0) is 92.9 Å². The number of hydrogen-bond acceptors (Lipinski definition) is 11. The zero-order valence-electron chi connectivity index (χ0n) is 33.6. The van der Waals surface area contributed by atoms with E-state index in [-0.39, 0.29) is 49.2 Å². The summed E-state index contributed by atoms with van der Waals surface area (Å²) in [5.41, 5.74) is -6.81. The van der Waals surface area contributed by atoms with Gasteiger partial charge in [0.2, 0.25) is 5.78 Å². The molecule has 8 unspecified atom stereocenters. The monoisotopic (exact) mass is 798 g/mol. The molecule has 57 heavy (non-hydrogen) atoms. The Balaban J connectivity index is 1.34. The van der Waals surface area contributed by atoms with E-state index < -0.39 is 82.5 Å². The molecular formula is C44H56F2O11. The third kappa shape index (κ3) is 8.45. The predicted molar refractivity (Wildman–Crippen MR) is 206 cm³/mol. The summed E-state index contributed by atoms with van der Waals surface area (Å²) in [6.07, 6.45) is 7.05. The van der Waals surface area contributed by atoms with Gasteiger partial charge < -0.3 is 28.8 Å². The number of hydrogen-bond donors (Lipinski definition) is 1. The summed E-state index contributed by atoms with van der Waals surface area (Å²) in [4.78, 5) is 65.3. The molecule has 5 rings (SSSR count). The topological polar surface area (TPSA) is 152 Å². The number of aliphatic hydroxyl groups excluding tert-OH is 1. The van der Waals surface area contributed by atoms with E-state index in [4.69, 9.17) is 23.7 Å². The highest BCUT2D eigenvalue weighted by Crippen LogP contribution is 2.70. The smallest absolute Gasteiger partial charge is 0.493 e. The van der Waals surface area contributed by atoms with Gasteiger partial charge in [-0.15, -0.1) is 0 Å². The number of alkyl halides is 2. The minimum absolute atomic E-state index is 0.0143. The Bertz CT molecular complexity index is 1790. The predicted octanol–water partition coefficient (Wildman–Crippen LogP) is 8.10. The number of carbonyl (C=O) groups excluding carboxylic acids is 5. The summed E-state index contributed by atoms with van der Waals surface area (Å²) in [6.45, 7) is 6.66. The highest BCUT2D eigenvalue weighted by Gasteiger charge is 2.76. The summed E-state index contributed by atoms with van der Waals surface area (Å²) >= 11 is 0. The number of ketones is 2. The summed E-state index contributed by atoms with van der Waals surface area (Å²) in [5.74, 6) is -4.13. The second-order valence-electron chi connectivity index (χ2n) is 16.2. The first-order valence-electron chi connectivity index (χ1n) is 20.2. The van der Waals surface area contributed by atoms with Crippen molar-refractivity contribution in [3.05, 3.63) is 53.6 Å². The average Bonchev–Trinajstić information content (AvgIpc) is 3.47. The van der Waals surface area contributed by atoms with Crippen molar-refractivity contribution in [2.24, 2.45) is 22.7 Å². The van der Waals surface area contributed by atoms with E-state index in [0.717, 1.165) is 44.6 Å². The molecular weight excluding hydrogens is 742 g/mol. The number of fused-ring (bicyclic) bond motifs is 5. The summed E-state index contributed by atoms with van der Waals surface area (Å²) in [7, 11) is 1.35. The van der Waals surface area contributed by atoms with Crippen LogP contribution in [-0.4, -0.2) is 78.6 Å². The van der Waals surface area contributed by atoms with Gasteiger partial charge in [-0.2, -0.15) is 0 Å². The van der Waals surface area contributed by atoms with Crippen molar-refractivity contribution in [1.29, 1.82) is 0 Å². The molecule has 3 fully saturated rings. The molecule has 1 aromatic rings. The maximum absolute atomic E-state index is 17.8. The van der Waals surface area contributed by atoms with Crippen LogP contribution >= 0.6 is 0 Å². The van der Waals surface area contributed by atoms with Crippen LogP contribution in [0.5, 0.6) is 11.5 Å². The Labute approximate surface area is 333 Å². The van der Waals surface area contributed by atoms with E-state index in [1.165, 1.54) is 50.5 Å². The van der Waals surface area contributed by atoms with Crippen molar-refractivity contribution in [2.45, 2.75) is 128 Å². The first-order chi connectivity index (χ1) is 27.1. The number of esters is 2. The zero-order valence-corrected chi connectivity index (χ0v) is 33.6. The van der Waals surface area contributed by atoms with Crippen LogP contribution in [0.15, 0.2) is 48.1 Å². The lowest BCUT2D eigenvalue weighted by Gasteiger charge is -2.63. The van der Waals surface area contributed by atoms with Gasteiger partial charge in [0.15, 0.2) is 35.2 Å². The molecule has 0 spiro atoms. The molecule has 4 aliphatic carbocycles. The second kappa shape index (κ2) is 18.0. The molecule has 0 bridgehead atoms. The van der Waals surface area contributed by atoms with Crippen LogP contribution in [-0.2, 0) is 33.4 Å². The van der Waals surface area contributed by atoms with Gasteiger partial charge >= 0.3 is 18.1 Å². The molecule has 0 saturated heterocycles. The van der Waals surface area contributed by atoms with Crippen LogP contribution in [0, 0.1) is 22.7 Å². The van der Waals surface area contributed by atoms with Crippen molar-refractivity contribution in [1.82, 2.24) is 0 Å². The van der Waals surface area contributed by atoms with Crippen LogP contribution in [0.1, 0.15) is 110 Å². The van der Waals surface area contributed by atoms with Crippen LogP contribution in [0.2, 0.25) is 0 Å². The van der Waals surface area contributed by atoms with Crippen LogP contribution in [0.25, 0.3) is 6.08 Å². The van der Waals surface area contributed by atoms with Crippen LogP contribution in [0.3, 0.4) is 0 Å². The lowest BCUT2D eigenvalue weighted by atomic mass is 9.44. The SMILES string of the molecule is CCCCCCC(=O)OC1(C(=O)COC(=O)Oc2ccc(C=CC(=O)OCCCCC)cc2OC)CCC2C3CC(F)C4=CC(=O)C=CC4(C)C3(F)C(O)CC21C. The van der Waals surface area contributed by atoms with Crippen molar-refractivity contribution in [3.63, 3.8) is 0 Å². The van der Waals surface area contributed by atoms with Gasteiger partial charge in [-0.3, -0.25) is 14.4 Å². The van der Waals surface area contributed by atoms with Gasteiger partial charge in [0, 0.05) is 29.2 Å². The minimum atomic E-state index is -2.39. The quantitative estimate of drug-likeness (QED) is 0.0535. The molecule has 11 nitrogen and oxygen atoms in total. The average molecular weight is 799 g/mol. The molecule has 0 aliphatic heterocycles. The van der Waals surface area contributed by atoms with Crippen molar-refractivity contribution in [3.8, 4) is 11.5 Å². The van der Waals surface area contributed by atoms with Gasteiger partial charge in [0.05, 0.1) is 19.8 Å². The van der Waals surface area contributed by atoms with E-state index in [1.807, 2.05) is 13.8 Å². The molecule has 0 aromatic heterocycles. The number of methoxy groups -OCH3 is 1. The number of unbranched alkanes of at least 4 members (excludes halogenated alkanes) is 5. The summed E-state index contributed by atoms with van der Waals surface area (Å²) in [6, 6.07) is 4.51. The molecule has 0 amide bonds. The molecule has 13 heteroatoms. The third-order valence-electron chi connectivity index (χ3n) is 12.8. The Hall–Kier alpha value is -4.39. The molecule has 8 atom stereocenters. The van der Waals surface area contributed by atoms with Crippen molar-refractivity contribution in [2.75, 3.05) is 20.3 Å². The zero-order chi connectivity index (χ0) is 41.6. The van der Waals surface area contributed by atoms with Crippen molar-refractivity contribution < 1.29 is 61.5 Å². The fourth-order valence-electron chi connectivity index (χ4n) is 9.79. The summed E-state index contributed by atoms with van der Waals surface area (Å²) < 4.78 is 61.1. The Kier molecular flexibility index (Phi) is 13.8. The van der Waals surface area contributed by atoms with Crippen molar-refractivity contribution >= 4 is 35.7 Å². The maximum Gasteiger partial charge on any atom is 0.514 e. The molecule has 3 saturated carbocycles. The number of aliphatic hydroxyl groups is 1. The van der Waals surface area contributed by atoms with Crippen LogP contribution in [0.4, 0.5) is 13.6 Å². The van der Waals surface area contributed by atoms with Gasteiger partial charge in [0.25, 0.3) is 0 Å². The van der Waals surface area contributed by atoms with Gasteiger partial charge in [0.1, 0.15) is 6.17 Å². The lowest BCUT2D eigenvalue weighted by molar-refractivity contribution is -0.229. The van der Waals surface area contributed by atoms with E-state index in [0.29, 0.717) is 18.6 Å². The molecule has 4 aliphatic rings. The largest absolute Gasteiger partial charge is 0.514 e. The first kappa shape index (κ1) is 43.7. The van der Waals surface area contributed by atoms with Gasteiger partial charge in [-0.25, -0.2) is 18.4 Å². The molecule has 1 aromatic carbocycles. The molecule has 0 radical (unpaired) electrons. The Morgan fingerprint density at radius 3 is 2.44 bits per heavy atom. The fraction of sp³-hybridized carbons (Fsp3) is 0.614. The second-order valence-corrected chi connectivity index (χ2v) is 16.2. The number of halogens is 2. The number of benzene rings is 1. The highest BCUT2D eigenvalue weighted by molar-refractivity contribution is 6.01. The number of ether oxygens (including phenoxy) is 5. The van der Waals surface area contributed by atoms with E-state index in [1.54, 1.807) is 13.0 Å². The normalized spacial score (nSPS) is 31.4. The maximum atomic E-state index is 17.8. The standard InChI is InChI=1S/C44H56F2O11/c1-6-8-10-11-13-39(51)57-43(21-19-30-31-25-33(45)32-24-29(47)18-20-41(32,3)44(31,46)36(48)26-42(30,43)4)37(49)27-55-40(52)56-34-16-14-28(23-35(34)53-5)15-17-38(50)54-22-12-9-7-2/h14-18,20,23-24,30-31,33,36,48H,6-13,19,21-22,25-27H2,1-5H3. The summed E-state index contributed by atoms with van der Waals surface area (Å²) in [5, 5.41) is 11.8. The molecule has 312 valence electrons. The van der Waals surface area contributed by atoms with E-state index in [2.05, 4.69) is 0 Å². The Morgan fingerprint density at radius 1 is 0.982 bits per heavy atom. The fourth-order valence-corrected chi connectivity index (χ4v) is 9.79.